The molecule has 5 aromatic rings. The SMILES string of the molecule is CC.CC.CC.CC.CC.CCc1ccccc1CC.Cc1ccccc1-c1ccccc1C.Cc1ccccc1C(C)c1ccccc1C. The molecule has 5 aromatic carbocycles. The third-order valence-electron chi connectivity index (χ3n) is 7.77. The van der Waals surface area contributed by atoms with E-state index in [2.05, 4.69) is 170 Å². The average Bonchev–Trinajstić information content (AvgIpc) is 3.20. The zero-order chi connectivity index (χ0) is 38.9. The van der Waals surface area contributed by atoms with Crippen LogP contribution < -0.4 is 0 Å². The Morgan fingerprint density at radius 2 is 0.580 bits per heavy atom. The fourth-order valence-corrected chi connectivity index (χ4v) is 5.31. The first-order valence-electron chi connectivity index (χ1n) is 19.7. The molecular weight excluding hydrogens is 601 g/mol. The van der Waals surface area contributed by atoms with Crippen LogP contribution in [0, 0.1) is 27.7 Å². The molecule has 0 spiro atoms. The Labute approximate surface area is 312 Å². The molecule has 0 nitrogen and oxygen atoms in total. The van der Waals surface area contributed by atoms with Crippen molar-refractivity contribution >= 4 is 0 Å². The lowest BCUT2D eigenvalue weighted by molar-refractivity contribution is 0.899. The molecular formula is C50H76. The van der Waals surface area contributed by atoms with Gasteiger partial charge < -0.3 is 0 Å². The standard InChI is InChI=1S/C16H18.C14H14.C10H14.5C2H6/c1-12-8-4-6-10-15(12)14(3)16-11-7-5-9-13(16)2;1-11-7-3-5-9-13(11)14-10-6-4-8-12(14)2;1-3-9-7-5-6-8-10(9)4-2;5*1-2/h4-11,14H,1-3H3;3-10H,1-2H3;5-8H,3-4H2,1-2H3;5*1-2H3. The second-order valence-electron chi connectivity index (χ2n) is 10.5. The van der Waals surface area contributed by atoms with Gasteiger partial charge in [-0.2, -0.15) is 0 Å². The lowest BCUT2D eigenvalue weighted by Crippen LogP contribution is -2.00. The van der Waals surface area contributed by atoms with Gasteiger partial charge in [-0.1, -0.05) is 211 Å². The molecule has 0 fully saturated rings. The fraction of sp³-hybridized carbons (Fsp3) is 0.400. The first-order chi connectivity index (χ1) is 24.4. The van der Waals surface area contributed by atoms with Crippen molar-refractivity contribution in [2.24, 2.45) is 0 Å². The van der Waals surface area contributed by atoms with E-state index in [1.54, 1.807) is 0 Å². The maximum absolute atomic E-state index is 2.28. The summed E-state index contributed by atoms with van der Waals surface area (Å²) in [6.45, 7) is 35.4. The molecule has 276 valence electrons. The van der Waals surface area contributed by atoms with Crippen molar-refractivity contribution in [3.8, 4) is 11.1 Å². The second-order valence-corrected chi connectivity index (χ2v) is 10.5. The topological polar surface area (TPSA) is 0 Å². The van der Waals surface area contributed by atoms with E-state index in [1.807, 2.05) is 69.2 Å². The molecule has 0 unspecified atom stereocenters. The summed E-state index contributed by atoms with van der Waals surface area (Å²) >= 11 is 0. The zero-order valence-corrected chi connectivity index (χ0v) is 35.5. The van der Waals surface area contributed by atoms with E-state index in [-0.39, 0.29) is 0 Å². The van der Waals surface area contributed by atoms with Crippen molar-refractivity contribution in [3.05, 3.63) is 166 Å². The summed E-state index contributed by atoms with van der Waals surface area (Å²) in [6, 6.07) is 42.9. The molecule has 0 saturated carbocycles. The maximum atomic E-state index is 2.28. The highest BCUT2D eigenvalue weighted by atomic mass is 14.2. The van der Waals surface area contributed by atoms with Crippen LogP contribution in [0.5, 0.6) is 0 Å². The molecule has 0 aliphatic heterocycles. The van der Waals surface area contributed by atoms with Crippen LogP contribution in [-0.2, 0) is 12.8 Å². The highest BCUT2D eigenvalue weighted by molar-refractivity contribution is 5.70. The molecule has 0 saturated heterocycles. The summed E-state index contributed by atoms with van der Waals surface area (Å²) in [5, 5.41) is 0. The van der Waals surface area contributed by atoms with Crippen molar-refractivity contribution in [2.45, 2.75) is 136 Å². The highest BCUT2D eigenvalue weighted by Gasteiger charge is 2.11. The van der Waals surface area contributed by atoms with Gasteiger partial charge in [0.25, 0.3) is 0 Å². The Hall–Kier alpha value is -3.90. The van der Waals surface area contributed by atoms with E-state index in [4.69, 9.17) is 0 Å². The first-order valence-corrected chi connectivity index (χ1v) is 19.7. The Morgan fingerprint density at radius 3 is 0.840 bits per heavy atom. The van der Waals surface area contributed by atoms with E-state index in [1.165, 1.54) is 55.6 Å². The minimum atomic E-state index is 0.474. The summed E-state index contributed by atoms with van der Waals surface area (Å²) in [6.07, 6.45) is 2.31. The Bertz CT molecular complexity index is 1360. The lowest BCUT2D eigenvalue weighted by atomic mass is 9.88. The molecule has 0 amide bonds. The van der Waals surface area contributed by atoms with Gasteiger partial charge in [0.1, 0.15) is 0 Å². The summed E-state index contributed by atoms with van der Waals surface area (Å²) in [5.74, 6) is 0.474. The third-order valence-corrected chi connectivity index (χ3v) is 7.77. The van der Waals surface area contributed by atoms with Gasteiger partial charge in [-0.05, 0) is 96.2 Å². The first kappa shape index (κ1) is 50.5. The molecule has 5 rings (SSSR count). The van der Waals surface area contributed by atoms with Crippen molar-refractivity contribution in [2.75, 3.05) is 0 Å². The highest BCUT2D eigenvalue weighted by Crippen LogP contribution is 2.28. The normalized spacial score (nSPS) is 8.84. The fourth-order valence-electron chi connectivity index (χ4n) is 5.31. The molecule has 0 bridgehead atoms. The summed E-state index contributed by atoms with van der Waals surface area (Å²) in [5.41, 5.74) is 13.9. The Morgan fingerprint density at radius 1 is 0.340 bits per heavy atom. The minimum absolute atomic E-state index is 0.474. The molecule has 0 heteroatoms. The van der Waals surface area contributed by atoms with Crippen LogP contribution >= 0.6 is 0 Å². The van der Waals surface area contributed by atoms with E-state index >= 15 is 0 Å². The van der Waals surface area contributed by atoms with Gasteiger partial charge in [0.05, 0.1) is 0 Å². The second kappa shape index (κ2) is 33.6. The predicted molar refractivity (Wildman–Crippen MR) is 233 cm³/mol. The van der Waals surface area contributed by atoms with Crippen LogP contribution in [0.1, 0.15) is 140 Å². The number of hydrogen-bond donors (Lipinski definition) is 0. The van der Waals surface area contributed by atoms with Gasteiger partial charge in [-0.3, -0.25) is 0 Å². The van der Waals surface area contributed by atoms with Crippen LogP contribution in [0.4, 0.5) is 0 Å². The molecule has 0 atom stereocenters. The number of rotatable bonds is 5. The van der Waals surface area contributed by atoms with Crippen LogP contribution in [0.3, 0.4) is 0 Å². The summed E-state index contributed by atoms with van der Waals surface area (Å²) in [4.78, 5) is 0. The maximum Gasteiger partial charge on any atom is 0.00662 e. The van der Waals surface area contributed by atoms with E-state index in [0.29, 0.717) is 5.92 Å². The van der Waals surface area contributed by atoms with E-state index in [9.17, 15) is 0 Å². The lowest BCUT2D eigenvalue weighted by Gasteiger charge is -2.17. The summed E-state index contributed by atoms with van der Waals surface area (Å²) < 4.78 is 0. The van der Waals surface area contributed by atoms with Gasteiger partial charge in [-0.15, -0.1) is 0 Å². The van der Waals surface area contributed by atoms with Gasteiger partial charge in [-0.25, -0.2) is 0 Å². The molecule has 0 N–H and O–H groups in total. The van der Waals surface area contributed by atoms with Crippen molar-refractivity contribution in [3.63, 3.8) is 0 Å². The number of benzene rings is 5. The molecule has 50 heavy (non-hydrogen) atoms. The molecule has 0 aliphatic rings. The summed E-state index contributed by atoms with van der Waals surface area (Å²) in [7, 11) is 0. The quantitative estimate of drug-likeness (QED) is 0.174. The monoisotopic (exact) mass is 677 g/mol. The van der Waals surface area contributed by atoms with Crippen LogP contribution in [0.25, 0.3) is 11.1 Å². The third kappa shape index (κ3) is 18.2. The number of aryl methyl sites for hydroxylation is 6. The van der Waals surface area contributed by atoms with Crippen molar-refractivity contribution < 1.29 is 0 Å². The van der Waals surface area contributed by atoms with Gasteiger partial charge in [0.2, 0.25) is 0 Å². The smallest absolute Gasteiger partial charge is 0.00662 e. The molecule has 0 aliphatic carbocycles. The Kier molecular flexibility index (Phi) is 33.9. The van der Waals surface area contributed by atoms with Crippen molar-refractivity contribution in [1.82, 2.24) is 0 Å². The molecule has 0 aromatic heterocycles. The van der Waals surface area contributed by atoms with Gasteiger partial charge >= 0.3 is 0 Å². The van der Waals surface area contributed by atoms with Crippen LogP contribution in [0.15, 0.2) is 121 Å². The minimum Gasteiger partial charge on any atom is -0.0683 e. The van der Waals surface area contributed by atoms with Gasteiger partial charge in [0, 0.05) is 5.92 Å². The largest absolute Gasteiger partial charge is 0.0683 e. The zero-order valence-electron chi connectivity index (χ0n) is 35.5. The van der Waals surface area contributed by atoms with Gasteiger partial charge in [0.15, 0.2) is 0 Å². The van der Waals surface area contributed by atoms with E-state index < -0.39 is 0 Å². The average molecular weight is 677 g/mol. The molecule has 0 radical (unpaired) electrons. The number of hydrogen-bond acceptors (Lipinski definition) is 0. The van der Waals surface area contributed by atoms with Crippen molar-refractivity contribution in [1.29, 1.82) is 0 Å². The van der Waals surface area contributed by atoms with Crippen LogP contribution in [0.2, 0.25) is 0 Å². The molecule has 0 heterocycles. The van der Waals surface area contributed by atoms with Crippen LogP contribution in [-0.4, -0.2) is 0 Å². The predicted octanol–water partition coefficient (Wildman–Crippen LogP) is 16.4. The Balaban J connectivity index is -0.000000597. The van der Waals surface area contributed by atoms with E-state index in [0.717, 1.165) is 12.8 Å².